The zero-order chi connectivity index (χ0) is 17.7. The SMILES string of the molecule is CC(C)N(CCN(CC[S-])CC[S-])C(C)C.[O-2].[S-]c1ccccc1.[Tc+5]. The minimum atomic E-state index is 0. The minimum Gasteiger partial charge on any atom is -2.00 e. The molecule has 0 aliphatic carbocycles. The van der Waals surface area contributed by atoms with Crippen molar-refractivity contribution in [2.45, 2.75) is 44.7 Å². The average molecular weight is 486 g/mol. The Bertz CT molecular complexity index is 370. The maximum absolute atomic E-state index is 5.04. The molecule has 0 saturated carbocycles. The van der Waals surface area contributed by atoms with E-state index in [1.54, 1.807) is 0 Å². The van der Waals surface area contributed by atoms with Gasteiger partial charge < -0.3 is 48.3 Å². The van der Waals surface area contributed by atoms with E-state index in [0.717, 1.165) is 42.6 Å². The summed E-state index contributed by atoms with van der Waals surface area (Å²) in [5.41, 5.74) is 0. The predicted octanol–water partition coefficient (Wildman–Crippen LogP) is 2.97. The maximum atomic E-state index is 5.04. The molecule has 7 heteroatoms. The van der Waals surface area contributed by atoms with Crippen LogP contribution in [0.4, 0.5) is 0 Å². The van der Waals surface area contributed by atoms with Gasteiger partial charge in [-0.2, -0.15) is 16.4 Å². The maximum Gasteiger partial charge on any atom is 5.00 e. The summed E-state index contributed by atoms with van der Waals surface area (Å²) in [5, 5.41) is 0. The number of hydrogen-bond acceptors (Lipinski definition) is 5. The summed E-state index contributed by atoms with van der Waals surface area (Å²) >= 11 is 14.9. The number of benzene rings is 1. The van der Waals surface area contributed by atoms with Crippen molar-refractivity contribution >= 4 is 37.9 Å². The van der Waals surface area contributed by atoms with E-state index in [2.05, 4.69) is 37.5 Å². The van der Waals surface area contributed by atoms with Crippen molar-refractivity contribution in [2.24, 2.45) is 0 Å². The summed E-state index contributed by atoms with van der Waals surface area (Å²) in [7, 11) is 0. The van der Waals surface area contributed by atoms with Gasteiger partial charge in [0, 0.05) is 25.2 Å². The van der Waals surface area contributed by atoms with Crippen LogP contribution < -0.4 is 0 Å². The summed E-state index contributed by atoms with van der Waals surface area (Å²) in [6, 6.07) is 10.8. The Morgan fingerprint density at radius 2 is 1.24 bits per heavy atom. The zero-order valence-electron chi connectivity index (χ0n) is 15.7. The molecule has 0 aliphatic rings. The number of nitrogens with zero attached hydrogens (tertiary/aromatic N) is 2. The van der Waals surface area contributed by atoms with Gasteiger partial charge >= 0.3 is 20.1 Å². The minimum absolute atomic E-state index is 0. The fraction of sp³-hybridized carbons (Fsp3) is 0.667. The second-order valence-corrected chi connectivity index (χ2v) is 7.28. The van der Waals surface area contributed by atoms with Gasteiger partial charge in [-0.1, -0.05) is 30.3 Å². The van der Waals surface area contributed by atoms with Crippen LogP contribution in [0.1, 0.15) is 27.7 Å². The summed E-state index contributed by atoms with van der Waals surface area (Å²) in [6.07, 6.45) is 0. The molecule has 0 unspecified atom stereocenters. The molecule has 0 heterocycles. The Labute approximate surface area is 185 Å². The van der Waals surface area contributed by atoms with Gasteiger partial charge in [0.25, 0.3) is 0 Å². The van der Waals surface area contributed by atoms with E-state index in [4.69, 9.17) is 37.9 Å². The molecule has 1 aromatic rings. The van der Waals surface area contributed by atoms with Crippen molar-refractivity contribution < 1.29 is 25.6 Å². The van der Waals surface area contributed by atoms with E-state index < -0.39 is 0 Å². The molecular weight excluding hydrogens is 454 g/mol. The van der Waals surface area contributed by atoms with Crippen molar-refractivity contribution in [3.8, 4) is 0 Å². The van der Waals surface area contributed by atoms with Crippen molar-refractivity contribution in [1.29, 1.82) is 0 Å². The fourth-order valence-corrected chi connectivity index (χ4v) is 3.06. The van der Waals surface area contributed by atoms with Crippen LogP contribution in [-0.4, -0.2) is 59.6 Å². The smallest absolute Gasteiger partial charge is 2.00 e. The normalized spacial score (nSPS) is 10.3. The van der Waals surface area contributed by atoms with Gasteiger partial charge in [0.15, 0.2) is 0 Å². The van der Waals surface area contributed by atoms with Crippen LogP contribution in [0.2, 0.25) is 0 Å². The topological polar surface area (TPSA) is 35.0 Å². The molecule has 144 valence electrons. The Kier molecular flexibility index (Phi) is 23.6. The van der Waals surface area contributed by atoms with Gasteiger partial charge in [0.2, 0.25) is 0 Å². The number of hydrogen-bond donors (Lipinski definition) is 0. The van der Waals surface area contributed by atoms with E-state index in [1.807, 2.05) is 30.3 Å². The molecule has 1 aromatic carbocycles. The second-order valence-electron chi connectivity index (χ2n) is 5.99. The largest absolute Gasteiger partial charge is 5.00 e. The first-order valence-electron chi connectivity index (χ1n) is 8.28. The zero-order valence-corrected chi connectivity index (χ0v) is 20.0. The van der Waals surface area contributed by atoms with Gasteiger partial charge in [-0.05, 0) is 40.8 Å². The van der Waals surface area contributed by atoms with Crippen molar-refractivity contribution in [3.05, 3.63) is 30.3 Å². The summed E-state index contributed by atoms with van der Waals surface area (Å²) in [4.78, 5) is 5.81. The molecule has 0 aliphatic heterocycles. The van der Waals surface area contributed by atoms with Gasteiger partial charge in [-0.15, -0.1) is 0 Å². The van der Waals surface area contributed by atoms with E-state index >= 15 is 0 Å². The van der Waals surface area contributed by atoms with Crippen LogP contribution >= 0.6 is 0 Å². The van der Waals surface area contributed by atoms with Crippen LogP contribution in [0.3, 0.4) is 0 Å². The van der Waals surface area contributed by atoms with Gasteiger partial charge in [-0.3, -0.25) is 4.90 Å². The van der Waals surface area contributed by atoms with Crippen LogP contribution in [0.25, 0.3) is 0 Å². The Morgan fingerprint density at radius 1 is 0.800 bits per heavy atom. The van der Waals surface area contributed by atoms with Crippen LogP contribution in [-0.2, 0) is 63.5 Å². The summed E-state index contributed by atoms with van der Waals surface area (Å²) in [5.74, 6) is 1.61. The Hall–Kier alpha value is 0.669. The molecular formula is C18H31N2OS3Tc. The molecule has 0 amide bonds. The first-order chi connectivity index (χ1) is 10.9. The predicted molar refractivity (Wildman–Crippen MR) is 111 cm³/mol. The third-order valence-electron chi connectivity index (χ3n) is 3.56. The summed E-state index contributed by atoms with van der Waals surface area (Å²) in [6.45, 7) is 13.2. The molecule has 0 N–H and O–H groups in total. The third-order valence-corrected chi connectivity index (χ3v) is 4.20. The van der Waals surface area contributed by atoms with Crippen molar-refractivity contribution in [2.75, 3.05) is 37.7 Å². The van der Waals surface area contributed by atoms with Crippen LogP contribution in [0.15, 0.2) is 35.2 Å². The van der Waals surface area contributed by atoms with Crippen LogP contribution in [0.5, 0.6) is 0 Å². The molecule has 0 fully saturated rings. The fourth-order valence-electron chi connectivity index (χ4n) is 2.38. The van der Waals surface area contributed by atoms with Gasteiger partial charge in [-0.25, -0.2) is 0 Å². The quantitative estimate of drug-likeness (QED) is 0.503. The summed E-state index contributed by atoms with van der Waals surface area (Å²) < 4.78 is 0. The monoisotopic (exact) mass is 484 g/mol. The molecule has 3 nitrogen and oxygen atoms in total. The number of rotatable bonds is 9. The molecule has 25 heavy (non-hydrogen) atoms. The molecule has 0 aromatic heterocycles. The van der Waals surface area contributed by atoms with E-state index in [1.165, 1.54) is 0 Å². The average Bonchev–Trinajstić information content (AvgIpc) is 2.48. The molecule has 1 rings (SSSR count). The third kappa shape index (κ3) is 16.6. The Balaban J connectivity index is -0.000000452. The van der Waals surface area contributed by atoms with E-state index in [9.17, 15) is 0 Å². The standard InChI is InChI=1S/C12H28N2S2.C6H6S.O.Tc/c1-11(2)14(12(3)4)6-5-13(7-9-15)8-10-16;7-6-4-2-1-3-5-6;;/h11-12,15-16H,5-10H2,1-4H3;1-5,7H;;/q;;-2;+5/p-3. The van der Waals surface area contributed by atoms with Gasteiger partial charge in [0.1, 0.15) is 0 Å². The van der Waals surface area contributed by atoms with Crippen molar-refractivity contribution in [1.82, 2.24) is 9.80 Å². The first kappa shape index (κ1) is 30.4. The molecule has 0 radical (unpaired) electrons. The van der Waals surface area contributed by atoms with E-state index in [0.29, 0.717) is 12.1 Å². The Morgan fingerprint density at radius 3 is 1.52 bits per heavy atom. The first-order valence-corrected chi connectivity index (χ1v) is 9.85. The molecule has 0 spiro atoms. The van der Waals surface area contributed by atoms with Gasteiger partial charge in [0.05, 0.1) is 0 Å². The molecule has 0 bridgehead atoms. The van der Waals surface area contributed by atoms with E-state index in [-0.39, 0.29) is 25.6 Å². The molecule has 0 saturated heterocycles. The van der Waals surface area contributed by atoms with Crippen LogP contribution in [0, 0.1) is 0 Å². The van der Waals surface area contributed by atoms with Crippen molar-refractivity contribution in [3.63, 3.8) is 0 Å². The molecule has 0 atom stereocenters. The second kappa shape index (κ2) is 19.4.